The molecule has 1 N–H and O–H groups in total. The van der Waals surface area contributed by atoms with Gasteiger partial charge in [-0.3, -0.25) is 0 Å². The second kappa shape index (κ2) is 7.00. The summed E-state index contributed by atoms with van der Waals surface area (Å²) in [4.78, 5) is 23.1. The van der Waals surface area contributed by atoms with Crippen molar-refractivity contribution < 1.29 is 19.1 Å². The summed E-state index contributed by atoms with van der Waals surface area (Å²) in [6.07, 6.45) is -0.174. The first-order chi connectivity index (χ1) is 9.67. The lowest BCUT2D eigenvalue weighted by molar-refractivity contribution is -0.109. The molecule has 1 atom stereocenters. The summed E-state index contributed by atoms with van der Waals surface area (Å²) in [6, 6.07) is 2.01. The smallest absolute Gasteiger partial charge is 0.408 e. The third-order valence-electron chi connectivity index (χ3n) is 2.38. The van der Waals surface area contributed by atoms with Crippen LogP contribution in [0.15, 0.2) is 12.1 Å². The van der Waals surface area contributed by atoms with Gasteiger partial charge >= 0.3 is 6.09 Å². The minimum Gasteiger partial charge on any atom is -0.495 e. The molecule has 0 aliphatic carbocycles. The molecule has 0 saturated carbocycles. The van der Waals surface area contributed by atoms with E-state index in [1.54, 1.807) is 20.8 Å². The second-order valence-electron chi connectivity index (χ2n) is 5.27. The Balaban J connectivity index is 3.06. The minimum atomic E-state index is -0.981. The SMILES string of the molecule is COc1c(Cl)cc(Cl)cc1C(C=O)NC(=O)OC(C)(C)C. The van der Waals surface area contributed by atoms with Gasteiger partial charge in [0.1, 0.15) is 23.7 Å². The van der Waals surface area contributed by atoms with Gasteiger partial charge in [0, 0.05) is 10.6 Å². The Morgan fingerprint density at radius 3 is 2.43 bits per heavy atom. The molecule has 1 amide bonds. The number of amides is 1. The molecule has 21 heavy (non-hydrogen) atoms. The number of hydrogen-bond donors (Lipinski definition) is 1. The van der Waals surface area contributed by atoms with Crippen molar-refractivity contribution in [3.05, 3.63) is 27.7 Å². The zero-order valence-corrected chi connectivity index (χ0v) is 13.7. The number of carbonyl (C=O) groups is 2. The molecule has 5 nitrogen and oxygen atoms in total. The first kappa shape index (κ1) is 17.6. The van der Waals surface area contributed by atoms with Gasteiger partial charge in [-0.15, -0.1) is 0 Å². The van der Waals surface area contributed by atoms with Crippen LogP contribution in [0.1, 0.15) is 32.4 Å². The number of benzene rings is 1. The molecule has 0 aromatic heterocycles. The van der Waals surface area contributed by atoms with Crippen molar-refractivity contribution in [1.29, 1.82) is 0 Å². The van der Waals surface area contributed by atoms with E-state index in [2.05, 4.69) is 5.32 Å². The maximum absolute atomic E-state index is 11.8. The van der Waals surface area contributed by atoms with E-state index in [0.29, 0.717) is 16.9 Å². The number of aldehydes is 1. The highest BCUT2D eigenvalue weighted by Crippen LogP contribution is 2.35. The van der Waals surface area contributed by atoms with Crippen LogP contribution in [-0.2, 0) is 9.53 Å². The molecule has 0 bridgehead atoms. The molecule has 116 valence electrons. The molecule has 0 aliphatic rings. The summed E-state index contributed by atoms with van der Waals surface area (Å²) in [5, 5.41) is 3.02. The van der Waals surface area contributed by atoms with Crippen molar-refractivity contribution in [1.82, 2.24) is 5.32 Å². The van der Waals surface area contributed by atoms with Crippen LogP contribution in [0.2, 0.25) is 10.0 Å². The third-order valence-corrected chi connectivity index (χ3v) is 2.88. The van der Waals surface area contributed by atoms with Gasteiger partial charge in [0.25, 0.3) is 0 Å². The fourth-order valence-corrected chi connectivity index (χ4v) is 2.23. The Hall–Kier alpha value is -1.46. The van der Waals surface area contributed by atoms with Crippen LogP contribution in [0.25, 0.3) is 0 Å². The molecule has 0 spiro atoms. The lowest BCUT2D eigenvalue weighted by Gasteiger charge is -2.22. The largest absolute Gasteiger partial charge is 0.495 e. The van der Waals surface area contributed by atoms with Gasteiger partial charge in [-0.2, -0.15) is 0 Å². The molecule has 0 radical (unpaired) electrons. The fourth-order valence-electron chi connectivity index (χ4n) is 1.65. The van der Waals surface area contributed by atoms with Gasteiger partial charge in [-0.1, -0.05) is 23.2 Å². The molecular weight excluding hydrogens is 317 g/mol. The van der Waals surface area contributed by atoms with Crippen LogP contribution in [0, 0.1) is 0 Å². The van der Waals surface area contributed by atoms with Gasteiger partial charge in [-0.05, 0) is 32.9 Å². The number of halogens is 2. The zero-order valence-electron chi connectivity index (χ0n) is 12.2. The Morgan fingerprint density at radius 1 is 1.33 bits per heavy atom. The average molecular weight is 334 g/mol. The van der Waals surface area contributed by atoms with Crippen molar-refractivity contribution in [2.75, 3.05) is 7.11 Å². The molecule has 1 aromatic rings. The molecule has 0 heterocycles. The topological polar surface area (TPSA) is 64.6 Å². The number of methoxy groups -OCH3 is 1. The quantitative estimate of drug-likeness (QED) is 0.852. The number of ether oxygens (including phenoxy) is 2. The number of alkyl carbamates (subject to hydrolysis) is 1. The van der Waals surface area contributed by atoms with Crippen LogP contribution in [0.4, 0.5) is 4.79 Å². The van der Waals surface area contributed by atoms with Gasteiger partial charge in [0.2, 0.25) is 0 Å². The Labute approximate surface area is 133 Å². The van der Waals surface area contributed by atoms with Crippen molar-refractivity contribution in [2.45, 2.75) is 32.4 Å². The molecule has 1 unspecified atom stereocenters. The molecule has 0 saturated heterocycles. The summed E-state index contributed by atoms with van der Waals surface area (Å²) in [5.74, 6) is 0.272. The highest BCUT2D eigenvalue weighted by Gasteiger charge is 2.23. The van der Waals surface area contributed by atoms with Crippen LogP contribution >= 0.6 is 23.2 Å². The minimum absolute atomic E-state index is 0.248. The van der Waals surface area contributed by atoms with E-state index >= 15 is 0 Å². The van der Waals surface area contributed by atoms with E-state index in [-0.39, 0.29) is 10.8 Å². The highest BCUT2D eigenvalue weighted by molar-refractivity contribution is 6.35. The summed E-state index contributed by atoms with van der Waals surface area (Å²) < 4.78 is 10.3. The number of hydrogen-bond acceptors (Lipinski definition) is 4. The van der Waals surface area contributed by atoms with Gasteiger partial charge in [-0.25, -0.2) is 4.79 Å². The van der Waals surface area contributed by atoms with E-state index in [1.165, 1.54) is 19.2 Å². The van der Waals surface area contributed by atoms with Crippen LogP contribution in [0.5, 0.6) is 5.75 Å². The Morgan fingerprint density at radius 2 is 1.95 bits per heavy atom. The predicted octanol–water partition coefficient (Wildman–Crippen LogP) is 3.77. The molecule has 1 rings (SSSR count). The van der Waals surface area contributed by atoms with Crippen LogP contribution in [0.3, 0.4) is 0 Å². The summed E-state index contributed by atoms with van der Waals surface area (Å²) in [7, 11) is 1.41. The maximum atomic E-state index is 11.8. The molecular formula is C14H17Cl2NO4. The van der Waals surface area contributed by atoms with Crippen molar-refractivity contribution in [3.8, 4) is 5.75 Å². The normalized spacial score (nSPS) is 12.5. The molecule has 0 aliphatic heterocycles. The summed E-state index contributed by atoms with van der Waals surface area (Å²) >= 11 is 11.9. The van der Waals surface area contributed by atoms with Crippen LogP contribution in [-0.4, -0.2) is 25.1 Å². The second-order valence-corrected chi connectivity index (χ2v) is 6.11. The lowest BCUT2D eigenvalue weighted by atomic mass is 10.1. The van der Waals surface area contributed by atoms with Crippen molar-refractivity contribution in [2.24, 2.45) is 0 Å². The summed E-state index contributed by atoms with van der Waals surface area (Å²) in [6.45, 7) is 5.16. The monoisotopic (exact) mass is 333 g/mol. The third kappa shape index (κ3) is 5.10. The average Bonchev–Trinajstić information content (AvgIpc) is 2.32. The number of nitrogens with one attached hydrogen (secondary N) is 1. The van der Waals surface area contributed by atoms with Crippen molar-refractivity contribution >= 4 is 35.6 Å². The van der Waals surface area contributed by atoms with Gasteiger partial charge < -0.3 is 19.6 Å². The van der Waals surface area contributed by atoms with Gasteiger partial charge in [0.15, 0.2) is 0 Å². The molecule has 7 heteroatoms. The number of carbonyl (C=O) groups excluding carboxylic acids is 2. The molecule has 0 fully saturated rings. The summed E-state index contributed by atoms with van der Waals surface area (Å²) in [5.41, 5.74) is -0.316. The standard InChI is InChI=1S/C14H17Cl2NO4/c1-14(2,3)21-13(19)17-11(7-18)9-5-8(15)6-10(16)12(9)20-4/h5-7,11H,1-4H3,(H,17,19). The molecule has 1 aromatic carbocycles. The van der Waals surface area contributed by atoms with Crippen molar-refractivity contribution in [3.63, 3.8) is 0 Å². The first-order valence-electron chi connectivity index (χ1n) is 6.15. The highest BCUT2D eigenvalue weighted by atomic mass is 35.5. The fraction of sp³-hybridized carbons (Fsp3) is 0.429. The Kier molecular flexibility index (Phi) is 5.87. The van der Waals surface area contributed by atoms with Gasteiger partial charge in [0.05, 0.1) is 12.1 Å². The van der Waals surface area contributed by atoms with E-state index in [4.69, 9.17) is 32.7 Å². The lowest BCUT2D eigenvalue weighted by Crippen LogP contribution is -2.35. The van der Waals surface area contributed by atoms with Crippen LogP contribution < -0.4 is 10.1 Å². The van der Waals surface area contributed by atoms with E-state index in [0.717, 1.165) is 0 Å². The number of rotatable bonds is 4. The Bertz CT molecular complexity index is 541. The van der Waals surface area contributed by atoms with E-state index in [9.17, 15) is 9.59 Å². The van der Waals surface area contributed by atoms with E-state index < -0.39 is 17.7 Å². The zero-order chi connectivity index (χ0) is 16.2. The van der Waals surface area contributed by atoms with E-state index in [1.807, 2.05) is 0 Å². The first-order valence-corrected chi connectivity index (χ1v) is 6.91. The maximum Gasteiger partial charge on any atom is 0.408 e. The predicted molar refractivity (Wildman–Crippen MR) is 81.2 cm³/mol.